The molecule has 2 aromatic rings. The van der Waals surface area contributed by atoms with Crippen LogP contribution in [0, 0.1) is 0 Å². The zero-order valence-corrected chi connectivity index (χ0v) is 7.93. The van der Waals surface area contributed by atoms with Crippen molar-refractivity contribution in [2.75, 3.05) is 6.26 Å². The molecule has 70 valence electrons. The first-order chi connectivity index (χ1) is 6.07. The molecular weight excluding hydrogens is 186 g/mol. The van der Waals surface area contributed by atoms with Gasteiger partial charge in [-0.05, 0) is 24.3 Å². The second-order valence-corrected chi connectivity index (χ2v) is 5.01. The van der Waals surface area contributed by atoms with Gasteiger partial charge in [0.1, 0.15) is 0 Å². The minimum absolute atomic E-state index is 0. The van der Waals surface area contributed by atoms with Crippen LogP contribution in [-0.4, -0.2) is 19.7 Å². The summed E-state index contributed by atoms with van der Waals surface area (Å²) in [5, 5.41) is 0.919. The molecule has 4 heteroatoms. The highest BCUT2D eigenvalue weighted by atomic mass is 32.2. The fraction of sp³-hybridized carbons (Fsp3) is 0.111. The summed E-state index contributed by atoms with van der Waals surface area (Å²) in [6.07, 6.45) is 3.00. The summed E-state index contributed by atoms with van der Waals surface area (Å²) in [5.74, 6) is 0. The summed E-state index contributed by atoms with van der Waals surface area (Å²) in [7, 11) is -3.09. The van der Waals surface area contributed by atoms with E-state index in [1.165, 1.54) is 6.26 Å². The topological polar surface area (TPSA) is 49.9 Å². The fourth-order valence-corrected chi connectivity index (χ4v) is 1.92. The summed E-state index contributed by atoms with van der Waals surface area (Å²) in [4.78, 5) is 3.36. The Morgan fingerprint density at radius 3 is 2.77 bits per heavy atom. The van der Waals surface area contributed by atoms with Crippen molar-refractivity contribution in [2.24, 2.45) is 0 Å². The second kappa shape index (κ2) is 2.60. The van der Waals surface area contributed by atoms with Crippen LogP contribution < -0.4 is 0 Å². The summed E-state index contributed by atoms with van der Waals surface area (Å²) in [6.45, 7) is 0. The Labute approximate surface area is 77.8 Å². The number of hydrogen-bond donors (Lipinski definition) is 1. The number of benzene rings is 1. The molecule has 0 saturated carbocycles. The third kappa shape index (κ3) is 1.45. The number of H-pyrrole nitrogens is 1. The van der Waals surface area contributed by atoms with Crippen LogP contribution >= 0.6 is 0 Å². The monoisotopic (exact) mass is 197 g/mol. The van der Waals surface area contributed by atoms with E-state index < -0.39 is 9.84 Å². The van der Waals surface area contributed by atoms with E-state index in [0.717, 1.165) is 10.9 Å². The van der Waals surface area contributed by atoms with E-state index in [0.29, 0.717) is 4.90 Å². The molecule has 0 aliphatic rings. The molecule has 13 heavy (non-hydrogen) atoms. The maximum atomic E-state index is 11.2. The van der Waals surface area contributed by atoms with Crippen LogP contribution in [0.5, 0.6) is 0 Å². The number of aromatic amines is 1. The average molecular weight is 197 g/mol. The van der Waals surface area contributed by atoms with Gasteiger partial charge in [-0.3, -0.25) is 0 Å². The Bertz CT molecular complexity index is 545. The summed E-state index contributed by atoms with van der Waals surface area (Å²) >= 11 is 0. The van der Waals surface area contributed by atoms with Crippen molar-refractivity contribution in [3.05, 3.63) is 30.5 Å². The van der Waals surface area contributed by atoms with Crippen molar-refractivity contribution in [1.29, 1.82) is 0 Å². The molecule has 0 aliphatic carbocycles. The first-order valence-electron chi connectivity index (χ1n) is 3.84. The number of nitrogens with one attached hydrogen (secondary N) is 1. The normalized spacial score (nSPS) is 12.1. The van der Waals surface area contributed by atoms with Gasteiger partial charge in [0.2, 0.25) is 0 Å². The van der Waals surface area contributed by atoms with Gasteiger partial charge in [0.25, 0.3) is 0 Å². The molecule has 0 fully saturated rings. The SMILES string of the molecule is CS(=O)(=O)c1ccc2[nH]ccc2c1.[HH]. The van der Waals surface area contributed by atoms with Crippen LogP contribution in [0.3, 0.4) is 0 Å². The molecule has 0 spiro atoms. The minimum Gasteiger partial charge on any atom is -0.361 e. The van der Waals surface area contributed by atoms with Gasteiger partial charge < -0.3 is 4.98 Å². The van der Waals surface area contributed by atoms with E-state index in [4.69, 9.17) is 0 Å². The van der Waals surface area contributed by atoms with E-state index in [1.54, 1.807) is 24.4 Å². The third-order valence-electron chi connectivity index (χ3n) is 1.95. The van der Waals surface area contributed by atoms with E-state index in [1.807, 2.05) is 6.07 Å². The van der Waals surface area contributed by atoms with Crippen molar-refractivity contribution < 1.29 is 9.84 Å². The lowest BCUT2D eigenvalue weighted by Gasteiger charge is -1.97. The highest BCUT2D eigenvalue weighted by Crippen LogP contribution is 2.17. The van der Waals surface area contributed by atoms with E-state index in [9.17, 15) is 8.42 Å². The zero-order valence-electron chi connectivity index (χ0n) is 7.11. The first kappa shape index (κ1) is 8.31. The molecule has 0 saturated heterocycles. The Kier molecular flexibility index (Phi) is 1.66. The van der Waals surface area contributed by atoms with Crippen molar-refractivity contribution in [1.82, 2.24) is 4.98 Å². The smallest absolute Gasteiger partial charge is 0.175 e. The number of fused-ring (bicyclic) bond motifs is 1. The molecule has 2 rings (SSSR count). The summed E-state index contributed by atoms with van der Waals surface area (Å²) < 4.78 is 22.4. The van der Waals surface area contributed by atoms with Gasteiger partial charge in [-0.2, -0.15) is 0 Å². The van der Waals surface area contributed by atoms with Gasteiger partial charge in [0.05, 0.1) is 4.90 Å². The molecule has 3 nitrogen and oxygen atoms in total. The maximum absolute atomic E-state index is 11.2. The first-order valence-corrected chi connectivity index (χ1v) is 5.74. The molecule has 1 aromatic heterocycles. The fourth-order valence-electron chi connectivity index (χ4n) is 1.26. The van der Waals surface area contributed by atoms with Crippen LogP contribution in [-0.2, 0) is 9.84 Å². The Morgan fingerprint density at radius 1 is 1.31 bits per heavy atom. The number of hydrogen-bond acceptors (Lipinski definition) is 2. The summed E-state index contributed by atoms with van der Waals surface area (Å²) in [6, 6.07) is 6.89. The third-order valence-corrected chi connectivity index (χ3v) is 3.06. The average Bonchev–Trinajstić information content (AvgIpc) is 2.47. The van der Waals surface area contributed by atoms with Crippen LogP contribution in [0.2, 0.25) is 0 Å². The minimum atomic E-state index is -3.09. The highest BCUT2D eigenvalue weighted by Gasteiger charge is 2.06. The van der Waals surface area contributed by atoms with E-state index in [2.05, 4.69) is 4.98 Å². The molecule has 0 bridgehead atoms. The molecule has 1 N–H and O–H groups in total. The molecule has 0 unspecified atom stereocenters. The number of sulfone groups is 1. The quantitative estimate of drug-likeness (QED) is 0.758. The van der Waals surface area contributed by atoms with Crippen molar-refractivity contribution >= 4 is 20.7 Å². The highest BCUT2D eigenvalue weighted by molar-refractivity contribution is 7.90. The molecule has 0 aliphatic heterocycles. The molecule has 0 radical (unpaired) electrons. The molecule has 0 amide bonds. The summed E-state index contributed by atoms with van der Waals surface area (Å²) in [5.41, 5.74) is 0.951. The van der Waals surface area contributed by atoms with Crippen molar-refractivity contribution in [3.8, 4) is 0 Å². The number of rotatable bonds is 1. The van der Waals surface area contributed by atoms with E-state index in [-0.39, 0.29) is 1.43 Å². The van der Waals surface area contributed by atoms with Crippen LogP contribution in [0.4, 0.5) is 0 Å². The van der Waals surface area contributed by atoms with Gasteiger partial charge >= 0.3 is 0 Å². The van der Waals surface area contributed by atoms with Crippen LogP contribution in [0.15, 0.2) is 35.4 Å². The molecule has 1 aromatic carbocycles. The number of aromatic nitrogens is 1. The lowest BCUT2D eigenvalue weighted by atomic mass is 10.2. The Morgan fingerprint density at radius 2 is 2.08 bits per heavy atom. The molecular formula is C9H11NO2S. The lowest BCUT2D eigenvalue weighted by molar-refractivity contribution is 0.602. The molecule has 0 atom stereocenters. The van der Waals surface area contributed by atoms with Gasteiger partial charge in [0.15, 0.2) is 9.84 Å². The predicted molar refractivity (Wildman–Crippen MR) is 53.5 cm³/mol. The largest absolute Gasteiger partial charge is 0.361 e. The standard InChI is InChI=1S/C9H9NO2S.H2/c1-13(11,12)8-2-3-9-7(6-8)4-5-10-9;/h2-6,10H,1H3;1H. The Balaban J connectivity index is 0.000000980. The van der Waals surface area contributed by atoms with Gasteiger partial charge in [-0.1, -0.05) is 0 Å². The van der Waals surface area contributed by atoms with Crippen molar-refractivity contribution in [3.63, 3.8) is 0 Å². The second-order valence-electron chi connectivity index (χ2n) is 3.00. The van der Waals surface area contributed by atoms with Gasteiger partial charge in [0, 0.05) is 24.8 Å². The lowest BCUT2D eigenvalue weighted by Crippen LogP contribution is -1.95. The predicted octanol–water partition coefficient (Wildman–Crippen LogP) is 1.82. The van der Waals surface area contributed by atoms with E-state index >= 15 is 0 Å². The zero-order chi connectivity index (χ0) is 9.47. The van der Waals surface area contributed by atoms with Crippen molar-refractivity contribution in [2.45, 2.75) is 4.90 Å². The maximum Gasteiger partial charge on any atom is 0.175 e. The van der Waals surface area contributed by atoms with Gasteiger partial charge in [-0.15, -0.1) is 0 Å². The molecule has 1 heterocycles. The van der Waals surface area contributed by atoms with Gasteiger partial charge in [-0.25, -0.2) is 8.42 Å². The van der Waals surface area contributed by atoms with Crippen LogP contribution in [0.25, 0.3) is 10.9 Å². The van der Waals surface area contributed by atoms with Crippen LogP contribution in [0.1, 0.15) is 1.43 Å². The Hall–Kier alpha value is -1.29.